The molecule has 0 saturated carbocycles. The molecular weight excluding hydrogens is 226 g/mol. The summed E-state index contributed by atoms with van der Waals surface area (Å²) in [5.41, 5.74) is 3.36. The Labute approximate surface area is 109 Å². The normalized spacial score (nSPS) is 12.2. The second-order valence-electron chi connectivity index (χ2n) is 4.70. The summed E-state index contributed by atoms with van der Waals surface area (Å²) in [4.78, 5) is 13.4. The van der Waals surface area contributed by atoms with E-state index in [2.05, 4.69) is 6.92 Å². The van der Waals surface area contributed by atoms with Gasteiger partial charge in [-0.25, -0.2) is 4.79 Å². The summed E-state index contributed by atoms with van der Waals surface area (Å²) in [5, 5.41) is 9.37. The molecule has 0 aliphatic carbocycles. The predicted molar refractivity (Wildman–Crippen MR) is 75.3 cm³/mol. The number of nitrogens with zero attached hydrogens (tertiary/aromatic N) is 1. The molecule has 100 valence electrons. The number of carboxylic acid groups (broad SMARTS) is 1. The fraction of sp³-hybridized carbons (Fsp3) is 0.533. The lowest BCUT2D eigenvalue weighted by Crippen LogP contribution is -2.42. The Balaban J connectivity index is 3.22. The zero-order valence-corrected chi connectivity index (χ0v) is 11.7. The fourth-order valence-corrected chi connectivity index (χ4v) is 2.45. The maximum atomic E-state index is 11.4. The molecule has 0 radical (unpaired) electrons. The van der Waals surface area contributed by atoms with Gasteiger partial charge in [-0.15, -0.1) is 0 Å². The highest BCUT2D eigenvalue weighted by Crippen LogP contribution is 2.27. The Hall–Kier alpha value is -1.51. The van der Waals surface area contributed by atoms with Gasteiger partial charge in [0.05, 0.1) is 0 Å². The third-order valence-electron chi connectivity index (χ3n) is 3.24. The van der Waals surface area contributed by atoms with Gasteiger partial charge in [0.1, 0.15) is 6.04 Å². The molecule has 1 atom stereocenters. The van der Waals surface area contributed by atoms with Crippen LogP contribution in [-0.4, -0.2) is 23.7 Å². The van der Waals surface area contributed by atoms with E-state index in [0.717, 1.165) is 29.8 Å². The molecule has 0 unspecified atom stereocenters. The molecule has 18 heavy (non-hydrogen) atoms. The number of para-hydroxylation sites is 1. The summed E-state index contributed by atoms with van der Waals surface area (Å²) >= 11 is 0. The second-order valence-corrected chi connectivity index (χ2v) is 4.70. The number of benzene rings is 1. The van der Waals surface area contributed by atoms with Crippen molar-refractivity contribution in [3.05, 3.63) is 29.3 Å². The molecule has 0 aromatic heterocycles. The maximum absolute atomic E-state index is 11.4. The van der Waals surface area contributed by atoms with E-state index in [1.165, 1.54) is 0 Å². The first-order chi connectivity index (χ1) is 8.52. The van der Waals surface area contributed by atoms with Gasteiger partial charge in [0, 0.05) is 12.2 Å². The minimum absolute atomic E-state index is 0.440. The minimum atomic E-state index is -0.742. The lowest BCUT2D eigenvalue weighted by atomic mass is 10.0. The third-order valence-corrected chi connectivity index (χ3v) is 3.24. The van der Waals surface area contributed by atoms with Crippen molar-refractivity contribution in [2.24, 2.45) is 0 Å². The van der Waals surface area contributed by atoms with Crippen LogP contribution >= 0.6 is 0 Å². The fourth-order valence-electron chi connectivity index (χ4n) is 2.45. The highest BCUT2D eigenvalue weighted by atomic mass is 16.4. The standard InChI is InChI=1S/C15H23NO2/c1-5-10-16(13(6-2)15(17)18)14-11(3)8-7-9-12(14)4/h7-9,13H,5-6,10H2,1-4H3,(H,17,18)/t13-/m0/s1. The number of hydrogen-bond donors (Lipinski definition) is 1. The van der Waals surface area contributed by atoms with Crippen LogP contribution in [0.4, 0.5) is 5.69 Å². The van der Waals surface area contributed by atoms with Crippen molar-refractivity contribution in [1.29, 1.82) is 0 Å². The Bertz CT molecular complexity index is 395. The molecule has 0 heterocycles. The van der Waals surface area contributed by atoms with E-state index >= 15 is 0 Å². The van der Waals surface area contributed by atoms with Crippen molar-refractivity contribution in [1.82, 2.24) is 0 Å². The van der Waals surface area contributed by atoms with Crippen LogP contribution in [-0.2, 0) is 4.79 Å². The van der Waals surface area contributed by atoms with Crippen molar-refractivity contribution in [3.63, 3.8) is 0 Å². The topological polar surface area (TPSA) is 40.5 Å². The number of anilines is 1. The van der Waals surface area contributed by atoms with E-state index in [1.807, 2.05) is 43.9 Å². The molecule has 3 nitrogen and oxygen atoms in total. The zero-order chi connectivity index (χ0) is 13.7. The average Bonchev–Trinajstić information content (AvgIpc) is 2.29. The van der Waals surface area contributed by atoms with Gasteiger partial charge in [-0.05, 0) is 37.8 Å². The zero-order valence-electron chi connectivity index (χ0n) is 11.7. The molecule has 0 amide bonds. The molecule has 1 aromatic carbocycles. The third kappa shape index (κ3) is 3.03. The quantitative estimate of drug-likeness (QED) is 0.840. The summed E-state index contributed by atoms with van der Waals surface area (Å²) in [5.74, 6) is -0.742. The highest BCUT2D eigenvalue weighted by Gasteiger charge is 2.25. The van der Waals surface area contributed by atoms with Crippen LogP contribution in [0.1, 0.15) is 37.8 Å². The molecule has 0 aliphatic rings. The van der Waals surface area contributed by atoms with E-state index in [4.69, 9.17) is 0 Å². The predicted octanol–water partition coefficient (Wildman–Crippen LogP) is 3.38. The molecule has 0 aliphatic heterocycles. The van der Waals surface area contributed by atoms with Gasteiger partial charge in [-0.3, -0.25) is 0 Å². The minimum Gasteiger partial charge on any atom is -0.480 e. The van der Waals surface area contributed by atoms with Gasteiger partial charge >= 0.3 is 5.97 Å². The average molecular weight is 249 g/mol. The molecule has 0 bridgehead atoms. The van der Waals surface area contributed by atoms with Gasteiger partial charge < -0.3 is 10.0 Å². The Morgan fingerprint density at radius 3 is 2.22 bits per heavy atom. The lowest BCUT2D eigenvalue weighted by Gasteiger charge is -2.32. The van der Waals surface area contributed by atoms with Gasteiger partial charge in [0.25, 0.3) is 0 Å². The number of aryl methyl sites for hydroxylation is 2. The number of hydrogen-bond acceptors (Lipinski definition) is 2. The SMILES string of the molecule is CCCN(c1c(C)cccc1C)[C@@H](CC)C(=O)O. The highest BCUT2D eigenvalue weighted by molar-refractivity contribution is 5.79. The second kappa shape index (κ2) is 6.43. The van der Waals surface area contributed by atoms with Crippen molar-refractivity contribution in [2.45, 2.75) is 46.6 Å². The van der Waals surface area contributed by atoms with Crippen molar-refractivity contribution in [2.75, 3.05) is 11.4 Å². The summed E-state index contributed by atoms with van der Waals surface area (Å²) in [7, 11) is 0. The number of carboxylic acids is 1. The molecule has 3 heteroatoms. The first-order valence-electron chi connectivity index (χ1n) is 6.58. The molecule has 1 aromatic rings. The summed E-state index contributed by atoms with van der Waals surface area (Å²) in [6, 6.07) is 5.66. The van der Waals surface area contributed by atoms with E-state index < -0.39 is 12.0 Å². The van der Waals surface area contributed by atoms with Crippen LogP contribution in [0.3, 0.4) is 0 Å². The first kappa shape index (κ1) is 14.6. The summed E-state index contributed by atoms with van der Waals surface area (Å²) < 4.78 is 0. The summed E-state index contributed by atoms with van der Waals surface area (Å²) in [6.45, 7) is 8.86. The monoisotopic (exact) mass is 249 g/mol. The van der Waals surface area contributed by atoms with Crippen LogP contribution in [0.5, 0.6) is 0 Å². The number of aliphatic carboxylic acids is 1. The molecule has 1 rings (SSSR count). The Kier molecular flexibility index (Phi) is 5.20. The van der Waals surface area contributed by atoms with Gasteiger partial charge in [0.2, 0.25) is 0 Å². The van der Waals surface area contributed by atoms with Crippen LogP contribution < -0.4 is 4.90 Å². The van der Waals surface area contributed by atoms with E-state index in [-0.39, 0.29) is 0 Å². The van der Waals surface area contributed by atoms with E-state index in [9.17, 15) is 9.90 Å². The Morgan fingerprint density at radius 2 is 1.83 bits per heavy atom. The van der Waals surface area contributed by atoms with Crippen LogP contribution in [0.25, 0.3) is 0 Å². The summed E-state index contributed by atoms with van der Waals surface area (Å²) in [6.07, 6.45) is 1.56. The maximum Gasteiger partial charge on any atom is 0.326 e. The number of carbonyl (C=O) groups is 1. The molecule has 0 saturated heterocycles. The van der Waals surface area contributed by atoms with Crippen LogP contribution in [0, 0.1) is 13.8 Å². The molecule has 0 fully saturated rings. The molecule has 1 N–H and O–H groups in total. The molecule has 0 spiro atoms. The van der Waals surface area contributed by atoms with Gasteiger partial charge in [-0.2, -0.15) is 0 Å². The first-order valence-corrected chi connectivity index (χ1v) is 6.58. The van der Waals surface area contributed by atoms with Crippen molar-refractivity contribution >= 4 is 11.7 Å². The van der Waals surface area contributed by atoms with Gasteiger partial charge in [-0.1, -0.05) is 32.0 Å². The largest absolute Gasteiger partial charge is 0.480 e. The molecular formula is C15H23NO2. The van der Waals surface area contributed by atoms with Gasteiger partial charge in [0.15, 0.2) is 0 Å². The van der Waals surface area contributed by atoms with E-state index in [0.29, 0.717) is 6.42 Å². The Morgan fingerprint density at radius 1 is 1.28 bits per heavy atom. The van der Waals surface area contributed by atoms with Crippen LogP contribution in [0.2, 0.25) is 0 Å². The number of rotatable bonds is 6. The van der Waals surface area contributed by atoms with Crippen molar-refractivity contribution in [3.8, 4) is 0 Å². The smallest absolute Gasteiger partial charge is 0.326 e. The van der Waals surface area contributed by atoms with Crippen molar-refractivity contribution < 1.29 is 9.90 Å². The van der Waals surface area contributed by atoms with E-state index in [1.54, 1.807) is 0 Å². The van der Waals surface area contributed by atoms with Crippen LogP contribution in [0.15, 0.2) is 18.2 Å². The lowest BCUT2D eigenvalue weighted by molar-refractivity contribution is -0.138.